The summed E-state index contributed by atoms with van der Waals surface area (Å²) in [6.07, 6.45) is 6.48. The van der Waals surface area contributed by atoms with Crippen LogP contribution in [0, 0.1) is 0 Å². The Labute approximate surface area is 111 Å². The average Bonchev–Trinajstić information content (AvgIpc) is 2.46. The summed E-state index contributed by atoms with van der Waals surface area (Å²) < 4.78 is 0. The minimum Gasteiger partial charge on any atom is -0.324 e. The predicted molar refractivity (Wildman–Crippen MR) is 77.5 cm³/mol. The van der Waals surface area contributed by atoms with E-state index in [1.807, 2.05) is 6.07 Å². The molecule has 0 radical (unpaired) electrons. The van der Waals surface area contributed by atoms with Crippen LogP contribution in [-0.2, 0) is 0 Å². The van der Waals surface area contributed by atoms with Crippen LogP contribution in [0.2, 0.25) is 0 Å². The Hall–Kier alpha value is -0.860. The molecule has 2 atom stereocenters. The number of hydrogen-bond donors (Lipinski definition) is 1. The van der Waals surface area contributed by atoms with Crippen molar-refractivity contribution in [3.05, 3.63) is 35.9 Å². The van der Waals surface area contributed by atoms with E-state index in [2.05, 4.69) is 36.1 Å². The van der Waals surface area contributed by atoms with Crippen molar-refractivity contribution in [3.8, 4) is 0 Å². The molecule has 1 aliphatic heterocycles. The van der Waals surface area contributed by atoms with Crippen LogP contribution in [0.3, 0.4) is 0 Å². The van der Waals surface area contributed by atoms with Crippen LogP contribution in [-0.4, -0.2) is 24.0 Å². The number of piperidine rings is 1. The molecule has 2 rings (SSSR count). The van der Waals surface area contributed by atoms with Crippen LogP contribution in [0.25, 0.3) is 0 Å². The second-order valence-electron chi connectivity index (χ2n) is 5.40. The van der Waals surface area contributed by atoms with Gasteiger partial charge in [0, 0.05) is 18.6 Å². The van der Waals surface area contributed by atoms with Gasteiger partial charge in [-0.1, -0.05) is 43.7 Å². The molecule has 1 aromatic rings. The van der Waals surface area contributed by atoms with Gasteiger partial charge in [0.25, 0.3) is 0 Å². The molecule has 0 spiro atoms. The van der Waals surface area contributed by atoms with Crippen LogP contribution in [0.5, 0.6) is 0 Å². The summed E-state index contributed by atoms with van der Waals surface area (Å²) in [5.74, 6) is 0. The van der Waals surface area contributed by atoms with Crippen LogP contribution >= 0.6 is 0 Å². The van der Waals surface area contributed by atoms with E-state index < -0.39 is 0 Å². The van der Waals surface area contributed by atoms with Gasteiger partial charge in [0.05, 0.1) is 0 Å². The van der Waals surface area contributed by atoms with E-state index in [-0.39, 0.29) is 6.04 Å². The summed E-state index contributed by atoms with van der Waals surface area (Å²) in [6, 6.07) is 11.5. The summed E-state index contributed by atoms with van der Waals surface area (Å²) in [6.45, 7) is 4.72. The summed E-state index contributed by atoms with van der Waals surface area (Å²) in [5, 5.41) is 0. The summed E-state index contributed by atoms with van der Waals surface area (Å²) >= 11 is 0. The van der Waals surface area contributed by atoms with Crippen LogP contribution < -0.4 is 5.73 Å². The Morgan fingerprint density at radius 1 is 1.28 bits per heavy atom. The molecule has 0 amide bonds. The van der Waals surface area contributed by atoms with Crippen molar-refractivity contribution in [2.24, 2.45) is 5.73 Å². The molecule has 18 heavy (non-hydrogen) atoms. The molecule has 2 unspecified atom stereocenters. The minimum atomic E-state index is 0.186. The molecule has 100 valence electrons. The summed E-state index contributed by atoms with van der Waals surface area (Å²) in [4.78, 5) is 2.65. The van der Waals surface area contributed by atoms with Crippen molar-refractivity contribution in [1.82, 2.24) is 4.90 Å². The highest BCUT2D eigenvalue weighted by molar-refractivity contribution is 5.18. The fourth-order valence-electron chi connectivity index (χ4n) is 2.99. The largest absolute Gasteiger partial charge is 0.324 e. The van der Waals surface area contributed by atoms with Gasteiger partial charge in [0.15, 0.2) is 0 Å². The van der Waals surface area contributed by atoms with Gasteiger partial charge in [0.1, 0.15) is 0 Å². The first-order valence-electron chi connectivity index (χ1n) is 7.36. The second-order valence-corrected chi connectivity index (χ2v) is 5.40. The van der Waals surface area contributed by atoms with Crippen molar-refractivity contribution in [1.29, 1.82) is 0 Å². The number of rotatable bonds is 5. The maximum absolute atomic E-state index is 6.27. The Balaban J connectivity index is 1.83. The van der Waals surface area contributed by atoms with Crippen LogP contribution in [0.15, 0.2) is 30.3 Å². The highest BCUT2D eigenvalue weighted by Gasteiger charge is 2.20. The molecule has 1 aliphatic rings. The molecule has 0 aromatic heterocycles. The lowest BCUT2D eigenvalue weighted by atomic mass is 9.98. The van der Waals surface area contributed by atoms with E-state index in [0.29, 0.717) is 0 Å². The van der Waals surface area contributed by atoms with E-state index in [0.717, 1.165) is 19.0 Å². The molecular weight excluding hydrogens is 220 g/mol. The molecule has 0 saturated carbocycles. The molecule has 1 fully saturated rings. The number of nitrogens with two attached hydrogens (primary N) is 1. The zero-order chi connectivity index (χ0) is 12.8. The maximum atomic E-state index is 6.27. The molecule has 0 aliphatic carbocycles. The van der Waals surface area contributed by atoms with Crippen molar-refractivity contribution >= 4 is 0 Å². The van der Waals surface area contributed by atoms with E-state index in [4.69, 9.17) is 5.73 Å². The quantitative estimate of drug-likeness (QED) is 0.863. The number of likely N-dealkylation sites (tertiary alicyclic amines) is 1. The fraction of sp³-hybridized carbons (Fsp3) is 0.625. The zero-order valence-electron chi connectivity index (χ0n) is 11.5. The standard InChI is InChI=1S/C16H26N2/c1-2-15-10-6-7-12-18(15)13-11-16(17)14-8-4-3-5-9-14/h3-5,8-9,15-16H,2,6-7,10-13,17H2,1H3. The van der Waals surface area contributed by atoms with Gasteiger partial charge >= 0.3 is 0 Å². The van der Waals surface area contributed by atoms with Gasteiger partial charge in [-0.25, -0.2) is 0 Å². The first-order valence-corrected chi connectivity index (χ1v) is 7.36. The summed E-state index contributed by atoms with van der Waals surface area (Å²) in [5.41, 5.74) is 7.54. The van der Waals surface area contributed by atoms with Gasteiger partial charge in [-0.15, -0.1) is 0 Å². The van der Waals surface area contributed by atoms with Gasteiger partial charge in [-0.05, 0) is 37.8 Å². The lowest BCUT2D eigenvalue weighted by Gasteiger charge is -2.35. The number of benzene rings is 1. The van der Waals surface area contributed by atoms with Crippen LogP contribution in [0.4, 0.5) is 0 Å². The first-order chi connectivity index (χ1) is 8.81. The number of nitrogens with zero attached hydrogens (tertiary/aromatic N) is 1. The molecule has 2 N–H and O–H groups in total. The molecule has 2 nitrogen and oxygen atoms in total. The van der Waals surface area contributed by atoms with Crippen molar-refractivity contribution in [3.63, 3.8) is 0 Å². The van der Waals surface area contributed by atoms with Crippen molar-refractivity contribution in [2.75, 3.05) is 13.1 Å². The third-order valence-corrected chi connectivity index (χ3v) is 4.18. The maximum Gasteiger partial charge on any atom is 0.0307 e. The molecule has 1 heterocycles. The molecule has 1 saturated heterocycles. The van der Waals surface area contributed by atoms with Crippen molar-refractivity contribution < 1.29 is 0 Å². The minimum absolute atomic E-state index is 0.186. The monoisotopic (exact) mass is 246 g/mol. The molecule has 2 heteroatoms. The fourth-order valence-corrected chi connectivity index (χ4v) is 2.99. The van der Waals surface area contributed by atoms with Gasteiger partial charge in [0.2, 0.25) is 0 Å². The Bertz CT molecular complexity index is 336. The van der Waals surface area contributed by atoms with E-state index >= 15 is 0 Å². The smallest absolute Gasteiger partial charge is 0.0307 e. The van der Waals surface area contributed by atoms with E-state index in [1.165, 1.54) is 37.8 Å². The topological polar surface area (TPSA) is 29.3 Å². The van der Waals surface area contributed by atoms with E-state index in [1.54, 1.807) is 0 Å². The molecular formula is C16H26N2. The first kappa shape index (κ1) is 13.6. The van der Waals surface area contributed by atoms with Gasteiger partial charge in [-0.3, -0.25) is 0 Å². The van der Waals surface area contributed by atoms with Crippen molar-refractivity contribution in [2.45, 2.75) is 51.1 Å². The predicted octanol–water partition coefficient (Wildman–Crippen LogP) is 3.34. The summed E-state index contributed by atoms with van der Waals surface area (Å²) in [7, 11) is 0. The molecule has 0 bridgehead atoms. The zero-order valence-corrected chi connectivity index (χ0v) is 11.5. The highest BCUT2D eigenvalue weighted by atomic mass is 15.2. The average molecular weight is 246 g/mol. The Morgan fingerprint density at radius 2 is 2.06 bits per heavy atom. The normalized spacial score (nSPS) is 22.9. The van der Waals surface area contributed by atoms with E-state index in [9.17, 15) is 0 Å². The lowest BCUT2D eigenvalue weighted by Crippen LogP contribution is -2.40. The third-order valence-electron chi connectivity index (χ3n) is 4.18. The Kier molecular flexibility index (Phi) is 5.21. The Morgan fingerprint density at radius 3 is 2.78 bits per heavy atom. The SMILES string of the molecule is CCC1CCCCN1CCC(N)c1ccccc1. The second kappa shape index (κ2) is 6.91. The van der Waals surface area contributed by atoms with Gasteiger partial charge < -0.3 is 10.6 Å². The lowest BCUT2D eigenvalue weighted by molar-refractivity contribution is 0.139. The van der Waals surface area contributed by atoms with Gasteiger partial charge in [-0.2, -0.15) is 0 Å². The molecule has 1 aromatic carbocycles. The highest BCUT2D eigenvalue weighted by Crippen LogP contribution is 2.21. The van der Waals surface area contributed by atoms with Crippen LogP contribution in [0.1, 0.15) is 50.6 Å². The third kappa shape index (κ3) is 3.56. The number of hydrogen-bond acceptors (Lipinski definition) is 2.